The van der Waals surface area contributed by atoms with Crippen LogP contribution in [0.3, 0.4) is 0 Å². The minimum Gasteiger partial charge on any atom is -0.252 e. The van der Waals surface area contributed by atoms with E-state index in [9.17, 15) is 0 Å². The molecule has 0 amide bonds. The number of hydrogen-bond donors (Lipinski definition) is 0. The van der Waals surface area contributed by atoms with E-state index in [2.05, 4.69) is 42.4 Å². The van der Waals surface area contributed by atoms with Crippen LogP contribution in [-0.2, 0) is 5.41 Å². The molecule has 1 aromatic rings. The molecule has 2 rings (SSSR count). The van der Waals surface area contributed by atoms with Crippen molar-refractivity contribution in [3.05, 3.63) is 35.9 Å². The molecule has 0 aliphatic heterocycles. The van der Waals surface area contributed by atoms with Gasteiger partial charge in [0.05, 0.1) is 0 Å². The number of hydrogen-bond acceptors (Lipinski definition) is 3. The van der Waals surface area contributed by atoms with E-state index in [1.807, 2.05) is 13.3 Å². The van der Waals surface area contributed by atoms with Gasteiger partial charge in [-0.1, -0.05) is 61.2 Å². The fourth-order valence-corrected chi connectivity index (χ4v) is 2.70. The second kappa shape index (κ2) is 5.41. The lowest BCUT2D eigenvalue weighted by atomic mass is 9.65. The first kappa shape index (κ1) is 13.6. The van der Waals surface area contributed by atoms with E-state index >= 15 is 0 Å². The zero-order valence-corrected chi connectivity index (χ0v) is 12.6. The summed E-state index contributed by atoms with van der Waals surface area (Å²) in [4.78, 5) is 0. The maximum absolute atomic E-state index is 5.20. The van der Waals surface area contributed by atoms with Crippen LogP contribution >= 0.6 is 24.0 Å². The summed E-state index contributed by atoms with van der Waals surface area (Å²) >= 11 is 6.76. The Morgan fingerprint density at radius 1 is 1.33 bits per heavy atom. The first-order chi connectivity index (χ1) is 8.55. The number of rotatable bonds is 2. The fraction of sp³-hybridized carbons (Fsp3) is 0.429. The topological polar surface area (TPSA) is 15.6 Å². The maximum atomic E-state index is 5.20. The standard InChI is InChI=1S/C14H18N2S2/c1-14(11-7-5-4-6-8-11)9-12(10-14)15-16(2)13(17)18-3/h4-8H,9-10H2,1-3H3. The van der Waals surface area contributed by atoms with E-state index in [1.165, 1.54) is 11.3 Å². The number of thioether (sulfide) groups is 1. The summed E-state index contributed by atoms with van der Waals surface area (Å²) in [6, 6.07) is 10.7. The van der Waals surface area contributed by atoms with Crippen molar-refractivity contribution >= 4 is 34.0 Å². The van der Waals surface area contributed by atoms with Crippen molar-refractivity contribution in [2.45, 2.75) is 25.2 Å². The predicted octanol–water partition coefficient (Wildman–Crippen LogP) is 3.67. The van der Waals surface area contributed by atoms with E-state index in [0.29, 0.717) is 0 Å². The molecule has 2 nitrogen and oxygen atoms in total. The van der Waals surface area contributed by atoms with Gasteiger partial charge in [-0.3, -0.25) is 5.01 Å². The van der Waals surface area contributed by atoms with Crippen molar-refractivity contribution in [1.82, 2.24) is 5.01 Å². The number of thiocarbonyl (C=S) groups is 1. The van der Waals surface area contributed by atoms with Crippen molar-refractivity contribution < 1.29 is 0 Å². The molecule has 0 unspecified atom stereocenters. The van der Waals surface area contributed by atoms with E-state index in [-0.39, 0.29) is 5.41 Å². The maximum Gasteiger partial charge on any atom is 0.156 e. The van der Waals surface area contributed by atoms with Crippen LogP contribution in [0.2, 0.25) is 0 Å². The molecule has 4 heteroatoms. The summed E-state index contributed by atoms with van der Waals surface area (Å²) < 4.78 is 0.816. The number of hydrazone groups is 1. The third-order valence-electron chi connectivity index (χ3n) is 3.39. The molecule has 0 N–H and O–H groups in total. The monoisotopic (exact) mass is 278 g/mol. The van der Waals surface area contributed by atoms with Crippen molar-refractivity contribution in [2.24, 2.45) is 5.10 Å². The SMILES string of the molecule is CSC(=S)N(C)N=C1CC(C)(c2ccccc2)C1. The first-order valence-corrected chi connectivity index (χ1v) is 7.62. The lowest BCUT2D eigenvalue weighted by Gasteiger charge is -2.40. The minimum absolute atomic E-state index is 0.252. The molecule has 0 atom stereocenters. The molecule has 1 aliphatic carbocycles. The van der Waals surface area contributed by atoms with Gasteiger partial charge in [0.2, 0.25) is 0 Å². The zero-order chi connectivity index (χ0) is 13.2. The highest BCUT2D eigenvalue weighted by molar-refractivity contribution is 8.22. The summed E-state index contributed by atoms with van der Waals surface area (Å²) in [7, 11) is 1.92. The Bertz CT molecular complexity index is 460. The number of benzene rings is 1. The van der Waals surface area contributed by atoms with Crippen LogP contribution in [0.1, 0.15) is 25.3 Å². The van der Waals surface area contributed by atoms with E-state index in [1.54, 1.807) is 16.8 Å². The summed E-state index contributed by atoms with van der Waals surface area (Å²) in [5, 5.41) is 6.37. The van der Waals surface area contributed by atoms with E-state index < -0.39 is 0 Å². The van der Waals surface area contributed by atoms with Gasteiger partial charge in [0.15, 0.2) is 4.32 Å². The molecule has 0 radical (unpaired) electrons. The van der Waals surface area contributed by atoms with Gasteiger partial charge in [-0.05, 0) is 24.7 Å². The van der Waals surface area contributed by atoms with Crippen LogP contribution in [0.15, 0.2) is 35.4 Å². The van der Waals surface area contributed by atoms with Crippen LogP contribution in [0, 0.1) is 0 Å². The van der Waals surface area contributed by atoms with Gasteiger partial charge >= 0.3 is 0 Å². The van der Waals surface area contributed by atoms with Crippen molar-refractivity contribution in [3.8, 4) is 0 Å². The first-order valence-electron chi connectivity index (χ1n) is 5.99. The third-order valence-corrected chi connectivity index (χ3v) is 4.77. The highest BCUT2D eigenvalue weighted by atomic mass is 32.2. The molecule has 1 aliphatic rings. The molecule has 0 heterocycles. The molecule has 0 saturated heterocycles. The lowest BCUT2D eigenvalue weighted by Crippen LogP contribution is -2.40. The van der Waals surface area contributed by atoms with Gasteiger partial charge in [-0.15, -0.1) is 0 Å². The zero-order valence-electron chi connectivity index (χ0n) is 11.0. The fourth-order valence-electron chi connectivity index (χ4n) is 2.35. The second-order valence-corrected chi connectivity index (χ2v) is 6.38. The number of nitrogens with zero attached hydrogens (tertiary/aromatic N) is 2. The van der Waals surface area contributed by atoms with Gasteiger partial charge in [0.25, 0.3) is 0 Å². The Labute approximate surface area is 118 Å². The van der Waals surface area contributed by atoms with E-state index in [0.717, 1.165) is 17.2 Å². The Hall–Kier alpha value is -0.870. The van der Waals surface area contributed by atoms with Crippen LogP contribution in [0.4, 0.5) is 0 Å². The van der Waals surface area contributed by atoms with Crippen molar-refractivity contribution in [1.29, 1.82) is 0 Å². The molecular weight excluding hydrogens is 260 g/mol. The molecule has 1 aromatic carbocycles. The largest absolute Gasteiger partial charge is 0.252 e. The van der Waals surface area contributed by atoms with Gasteiger partial charge in [-0.2, -0.15) is 5.10 Å². The predicted molar refractivity (Wildman–Crippen MR) is 84.3 cm³/mol. The third kappa shape index (κ3) is 2.75. The van der Waals surface area contributed by atoms with Gasteiger partial charge in [0, 0.05) is 18.2 Å². The summed E-state index contributed by atoms with van der Waals surface area (Å²) in [5.74, 6) is 0. The highest BCUT2D eigenvalue weighted by Crippen LogP contribution is 2.41. The average Bonchev–Trinajstić information content (AvgIpc) is 2.36. The second-order valence-electron chi connectivity index (χ2n) is 4.94. The van der Waals surface area contributed by atoms with Crippen LogP contribution in [-0.4, -0.2) is 28.3 Å². The van der Waals surface area contributed by atoms with Gasteiger partial charge in [0.1, 0.15) is 0 Å². The summed E-state index contributed by atoms with van der Waals surface area (Å²) in [5.41, 5.74) is 2.89. The quantitative estimate of drug-likeness (QED) is 0.606. The molecule has 0 aromatic heterocycles. The minimum atomic E-state index is 0.252. The molecule has 1 fully saturated rings. The smallest absolute Gasteiger partial charge is 0.156 e. The van der Waals surface area contributed by atoms with Crippen molar-refractivity contribution in [3.63, 3.8) is 0 Å². The normalized spacial score (nSPS) is 22.3. The van der Waals surface area contributed by atoms with Gasteiger partial charge < -0.3 is 0 Å². The molecule has 96 valence electrons. The van der Waals surface area contributed by atoms with Gasteiger partial charge in [-0.25, -0.2) is 0 Å². The molecule has 0 spiro atoms. The van der Waals surface area contributed by atoms with Crippen LogP contribution in [0.5, 0.6) is 0 Å². The van der Waals surface area contributed by atoms with Crippen LogP contribution in [0.25, 0.3) is 0 Å². The average molecular weight is 278 g/mol. The Morgan fingerprint density at radius 2 is 1.94 bits per heavy atom. The highest BCUT2D eigenvalue weighted by Gasteiger charge is 2.39. The summed E-state index contributed by atoms with van der Waals surface area (Å²) in [6.45, 7) is 2.30. The Balaban J connectivity index is 2.02. The van der Waals surface area contributed by atoms with Crippen LogP contribution < -0.4 is 0 Å². The molecule has 0 bridgehead atoms. The van der Waals surface area contributed by atoms with Crippen molar-refractivity contribution in [2.75, 3.05) is 13.3 Å². The Morgan fingerprint density at radius 3 is 2.50 bits per heavy atom. The Kier molecular flexibility index (Phi) is 4.07. The molecule has 18 heavy (non-hydrogen) atoms. The summed E-state index contributed by atoms with van der Waals surface area (Å²) in [6.07, 6.45) is 4.03. The van der Waals surface area contributed by atoms with E-state index in [4.69, 9.17) is 12.2 Å². The lowest BCUT2D eigenvalue weighted by molar-refractivity contribution is 0.426. The molecular formula is C14H18N2S2. The molecule has 1 saturated carbocycles.